The van der Waals surface area contributed by atoms with Crippen molar-refractivity contribution in [3.63, 3.8) is 0 Å². The summed E-state index contributed by atoms with van der Waals surface area (Å²) in [6.07, 6.45) is -4.66. The minimum atomic E-state index is -1.16. The Morgan fingerprint density at radius 2 is 0.427 bits per heavy atom. The second kappa shape index (κ2) is 50.9. The number of nitrogens with zero attached hydrogens (tertiary/aromatic N) is 20. The fourth-order valence-corrected chi connectivity index (χ4v) is 14.0. The molecule has 4 aliphatic heterocycles. The highest BCUT2D eigenvalue weighted by Gasteiger charge is 2.61. The summed E-state index contributed by atoms with van der Waals surface area (Å²) in [4.78, 5) is 297. The van der Waals surface area contributed by atoms with E-state index in [9.17, 15) is 116 Å². The van der Waals surface area contributed by atoms with Crippen molar-refractivity contribution in [1.29, 1.82) is 0 Å². The standard InChI is InChI=1S/C37H56N10O19.C36H54N10O19/c1-6-7-18-65-26(50)9-12-39-30(52)38(11-8-25(49)63-5)31(53)40(32(39)54)13-10-27(51)66-20-16-43-34(56)41(14-17-48)33(55)42(35(43)57)15-19-64-24-47-29-28(45(22-61-3)37(47)59)44(21-60-2)36(58)46(29)23-62-4;1-6-17-64-25(49)8-11-38-29(51)37(10-7-24(48)62-5)30(52)39(31(38)53)12-9-26(50)65-19-15-42-33(55)40(13-16-47)32(54)41(34(42)56)14-18-63-23-46-28-27(44(21-60-3)36(46)58)43(20-59-2)35(57)45(28)22-61-4/h28-29,48H,6-24H2,1-5H3;27-28,47H,6-23H2,1-5H3. The Hall–Kier alpha value is -12.9. The maximum Gasteiger partial charge on any atom is 0.336 e. The molecule has 4 unspecified atom stereocenters. The van der Waals surface area contributed by atoms with Crippen molar-refractivity contribution in [1.82, 2.24) is 94.0 Å². The van der Waals surface area contributed by atoms with Gasteiger partial charge in [0.1, 0.15) is 67.1 Å². The van der Waals surface area contributed by atoms with Crippen molar-refractivity contribution in [2.75, 3.05) is 164 Å². The number of carbonyl (C=O) groups is 10. The smallest absolute Gasteiger partial charge is 0.336 e. The number of aromatic nitrogens is 12. The van der Waals surface area contributed by atoms with Gasteiger partial charge in [0.2, 0.25) is 0 Å². The van der Waals surface area contributed by atoms with E-state index in [0.29, 0.717) is 67.6 Å². The zero-order valence-corrected chi connectivity index (χ0v) is 74.0. The van der Waals surface area contributed by atoms with Crippen LogP contribution in [-0.4, -0.2) is 352 Å². The third-order valence-corrected chi connectivity index (χ3v) is 20.3. The highest BCUT2D eigenvalue weighted by Crippen LogP contribution is 2.36. The van der Waals surface area contributed by atoms with Crippen LogP contribution in [0.15, 0.2) is 57.5 Å². The van der Waals surface area contributed by atoms with Crippen molar-refractivity contribution in [3.05, 3.63) is 126 Å². The molecule has 8 heterocycles. The monoisotopic (exact) mass is 1870 g/mol. The van der Waals surface area contributed by atoms with Crippen LogP contribution in [0.3, 0.4) is 0 Å². The Labute approximate surface area is 740 Å². The number of hydrogen-bond acceptors (Lipinski definition) is 38. The zero-order valence-electron chi connectivity index (χ0n) is 74.0. The first kappa shape index (κ1) is 105. The highest BCUT2D eigenvalue weighted by molar-refractivity contribution is 5.86. The molecule has 4 aromatic heterocycles. The van der Waals surface area contributed by atoms with Crippen LogP contribution < -0.4 is 68.3 Å². The topological polar surface area (TPSA) is 630 Å². The van der Waals surface area contributed by atoms with Crippen LogP contribution >= 0.6 is 0 Å². The number of hydrogen-bond donors (Lipinski definition) is 2. The third-order valence-electron chi connectivity index (χ3n) is 20.3. The van der Waals surface area contributed by atoms with E-state index in [2.05, 4.69) is 9.47 Å². The van der Waals surface area contributed by atoms with Gasteiger partial charge in [-0.1, -0.05) is 20.3 Å². The SMILES string of the molecule is CCCCOC(=O)CCn1c(=O)n(CCC(=O)OC)c(=O)n(CCC(=O)OCCn2c(=O)n(CCO)c(=O)n(CCOCN3C(=O)N(COC)C4C3N(COC)C(=O)N4COC)c2=O)c1=O.CCCOC(=O)CCn1c(=O)n(CCC(=O)OC)c(=O)n(CCC(=O)OCCn2c(=O)n(CCO)c(=O)n(CCOCN3C(=O)N(COC)C4C3N(COC)C(=O)N4COC)c2=O)c1=O. The van der Waals surface area contributed by atoms with Crippen LogP contribution in [0.25, 0.3) is 0 Å². The predicted octanol–water partition coefficient (Wildman–Crippen LogP) is -9.41. The van der Waals surface area contributed by atoms with Gasteiger partial charge in [-0.15, -0.1) is 0 Å². The number of urea groups is 4. The number of fused-ring (bicyclic) bond motifs is 2. The number of carbonyl (C=O) groups excluding carboxylic acids is 10. The van der Waals surface area contributed by atoms with Crippen LogP contribution in [-0.2, 0) is 174 Å². The van der Waals surface area contributed by atoms with E-state index in [1.807, 2.05) is 6.92 Å². The van der Waals surface area contributed by atoms with Gasteiger partial charge in [-0.25, -0.2) is 132 Å². The number of esters is 6. The van der Waals surface area contributed by atoms with Gasteiger partial charge >= 0.3 is 128 Å². The number of aliphatic hydroxyl groups excluding tert-OH is 2. The molecule has 0 spiro atoms. The number of aliphatic hydroxyl groups is 2. The van der Waals surface area contributed by atoms with Gasteiger partial charge in [0, 0.05) is 81.9 Å². The van der Waals surface area contributed by atoms with Crippen molar-refractivity contribution in [3.8, 4) is 0 Å². The van der Waals surface area contributed by atoms with E-state index in [1.165, 1.54) is 81.9 Å². The van der Waals surface area contributed by atoms with Gasteiger partial charge in [0.05, 0.1) is 132 Å². The molecule has 4 aromatic rings. The minimum Gasteiger partial charge on any atom is -0.469 e. The summed E-state index contributed by atoms with van der Waals surface area (Å²) in [6, 6.07) is -2.15. The maximum atomic E-state index is 13.5. The van der Waals surface area contributed by atoms with E-state index in [1.54, 1.807) is 6.92 Å². The summed E-state index contributed by atoms with van der Waals surface area (Å²) < 4.78 is 79.2. The first-order valence-electron chi connectivity index (χ1n) is 40.9. The molecule has 4 atom stereocenters. The van der Waals surface area contributed by atoms with Crippen LogP contribution in [0.2, 0.25) is 0 Å². The summed E-state index contributed by atoms with van der Waals surface area (Å²) in [5, 5.41) is 19.2. The minimum absolute atomic E-state index is 0.0981. The van der Waals surface area contributed by atoms with Crippen molar-refractivity contribution >= 4 is 59.9 Å². The Bertz CT molecular complexity index is 5470. The average molecular weight is 1880 g/mol. The molecular weight excluding hydrogens is 1760 g/mol. The number of methoxy groups -OCH3 is 8. The third kappa shape index (κ3) is 25.2. The van der Waals surface area contributed by atoms with E-state index in [0.717, 1.165) is 20.6 Å². The van der Waals surface area contributed by atoms with Crippen LogP contribution in [0.5, 0.6) is 0 Å². The molecule has 2 N–H and O–H groups in total. The first-order valence-corrected chi connectivity index (χ1v) is 40.9. The van der Waals surface area contributed by atoms with Crippen molar-refractivity contribution < 1.29 is 124 Å². The van der Waals surface area contributed by atoms with Gasteiger partial charge in [-0.05, 0) is 12.8 Å². The second-order valence-corrected chi connectivity index (χ2v) is 28.7. The van der Waals surface area contributed by atoms with Crippen LogP contribution in [0, 0.1) is 0 Å². The van der Waals surface area contributed by atoms with Crippen LogP contribution in [0.4, 0.5) is 19.2 Å². The normalized spacial score (nSPS) is 15.8. The van der Waals surface area contributed by atoms with Crippen molar-refractivity contribution in [2.45, 2.75) is 175 Å². The van der Waals surface area contributed by atoms with Gasteiger partial charge in [-0.3, -0.25) is 68.0 Å². The summed E-state index contributed by atoms with van der Waals surface area (Å²) in [5.74, 6) is -5.00. The summed E-state index contributed by atoms with van der Waals surface area (Å²) in [5.41, 5.74) is -13.6. The van der Waals surface area contributed by atoms with E-state index in [-0.39, 0.29) is 66.8 Å². The molecule has 58 nitrogen and oxygen atoms in total. The lowest BCUT2D eigenvalue weighted by atomic mass is 10.3. The summed E-state index contributed by atoms with van der Waals surface area (Å²) in [6.45, 7) is -7.90. The predicted molar refractivity (Wildman–Crippen MR) is 436 cm³/mol. The Morgan fingerprint density at radius 3 is 0.634 bits per heavy atom. The molecule has 8 rings (SSSR count). The lowest BCUT2D eigenvalue weighted by molar-refractivity contribution is -0.145. The van der Waals surface area contributed by atoms with Gasteiger partial charge in [0.15, 0.2) is 24.7 Å². The molecule has 0 aromatic carbocycles. The Balaban J connectivity index is 0.000000358. The molecule has 730 valence electrons. The van der Waals surface area contributed by atoms with E-state index >= 15 is 0 Å². The molecule has 0 bridgehead atoms. The molecular formula is C73H110N20O38. The van der Waals surface area contributed by atoms with E-state index in [4.69, 9.17) is 56.8 Å². The van der Waals surface area contributed by atoms with Crippen LogP contribution in [0.1, 0.15) is 71.6 Å². The molecule has 0 saturated carbocycles. The fourth-order valence-electron chi connectivity index (χ4n) is 14.0. The molecule has 8 amide bonds. The average Bonchev–Trinajstić information content (AvgIpc) is 1.57. The molecule has 4 saturated heterocycles. The molecule has 131 heavy (non-hydrogen) atoms. The number of amides is 8. The highest BCUT2D eigenvalue weighted by atomic mass is 16.6. The molecule has 58 heteroatoms. The second-order valence-electron chi connectivity index (χ2n) is 28.7. The fraction of sp³-hybridized carbons (Fsp3) is 0.699. The molecule has 0 aliphatic carbocycles. The lowest BCUT2D eigenvalue weighted by Crippen LogP contribution is -2.55. The molecule has 4 aliphatic rings. The molecule has 0 radical (unpaired) electrons. The summed E-state index contributed by atoms with van der Waals surface area (Å²) >= 11 is 0. The van der Waals surface area contributed by atoms with Crippen molar-refractivity contribution in [2.24, 2.45) is 0 Å². The van der Waals surface area contributed by atoms with Gasteiger partial charge in [-0.2, -0.15) is 0 Å². The zero-order chi connectivity index (χ0) is 96.6. The molecule has 4 fully saturated rings. The van der Waals surface area contributed by atoms with E-state index < -0.39 is 310 Å². The lowest BCUT2D eigenvalue weighted by Gasteiger charge is -2.28. The number of ether oxygens (including phenoxy) is 14. The van der Waals surface area contributed by atoms with Gasteiger partial charge in [0.25, 0.3) is 0 Å². The number of unbranched alkanes of at least 4 members (excludes halogenated alkanes) is 1. The Morgan fingerprint density at radius 1 is 0.237 bits per heavy atom. The Kier molecular flexibility index (Phi) is 40.9. The van der Waals surface area contributed by atoms with Gasteiger partial charge < -0.3 is 76.5 Å². The quantitative estimate of drug-likeness (QED) is 0.0235. The summed E-state index contributed by atoms with van der Waals surface area (Å²) in [7, 11) is 10.4. The largest absolute Gasteiger partial charge is 0.469 e. The maximum absolute atomic E-state index is 13.5. The number of rotatable bonds is 55. The first-order chi connectivity index (χ1) is 62.8.